The fourth-order valence-electron chi connectivity index (χ4n) is 1.34. The Bertz CT molecular complexity index is 611. The van der Waals surface area contributed by atoms with Crippen LogP contribution in [-0.4, -0.2) is 0 Å². The Balaban J connectivity index is 2.33. The highest BCUT2D eigenvalue weighted by molar-refractivity contribution is 5.58. The van der Waals surface area contributed by atoms with Crippen molar-refractivity contribution >= 4 is 6.08 Å². The molecule has 0 spiro atoms. The molecule has 0 aromatic carbocycles. The van der Waals surface area contributed by atoms with Crippen molar-refractivity contribution in [2.24, 2.45) is 0 Å². The summed E-state index contributed by atoms with van der Waals surface area (Å²) in [6.45, 7) is 0. The zero-order valence-electron chi connectivity index (χ0n) is 8.87. The molecule has 17 heavy (non-hydrogen) atoms. The van der Waals surface area contributed by atoms with Crippen molar-refractivity contribution in [1.29, 1.82) is 10.5 Å². The molecule has 0 aliphatic heterocycles. The third-order valence-electron chi connectivity index (χ3n) is 2.11. The normalized spacial score (nSPS) is 9.06. The van der Waals surface area contributed by atoms with Gasteiger partial charge in [0, 0.05) is 18.2 Å². The van der Waals surface area contributed by atoms with Crippen molar-refractivity contribution in [2.45, 2.75) is 0 Å². The molecule has 0 atom stereocenters. The number of nitriles is 2. The van der Waals surface area contributed by atoms with Crippen LogP contribution in [0.3, 0.4) is 0 Å². The van der Waals surface area contributed by atoms with Crippen LogP contribution in [0.2, 0.25) is 0 Å². The Morgan fingerprint density at radius 1 is 1.12 bits per heavy atom. The minimum absolute atomic E-state index is 0.0176. The van der Waals surface area contributed by atoms with Crippen LogP contribution in [0.1, 0.15) is 5.76 Å². The molecule has 2 heterocycles. The number of aromatic nitrogens is 1. The van der Waals surface area contributed by atoms with Gasteiger partial charge in [-0.25, -0.2) is 0 Å². The molecule has 0 bridgehead atoms. The highest BCUT2D eigenvalue weighted by atomic mass is 16.4. The van der Waals surface area contributed by atoms with Gasteiger partial charge in [0.25, 0.3) is 0 Å². The summed E-state index contributed by atoms with van der Waals surface area (Å²) in [5.41, 5.74) is 0.0176. The van der Waals surface area contributed by atoms with Gasteiger partial charge in [0.15, 0.2) is 12.4 Å². The van der Waals surface area contributed by atoms with E-state index in [1.54, 1.807) is 28.8 Å². The second-order valence-corrected chi connectivity index (χ2v) is 3.24. The van der Waals surface area contributed by atoms with Gasteiger partial charge >= 0.3 is 5.88 Å². The lowest BCUT2D eigenvalue weighted by Crippen LogP contribution is -2.27. The zero-order chi connectivity index (χ0) is 12.1. The summed E-state index contributed by atoms with van der Waals surface area (Å²) in [6.07, 6.45) is 5.11. The second-order valence-electron chi connectivity index (χ2n) is 3.24. The fraction of sp³-hybridized carbons (Fsp3) is 0. The van der Waals surface area contributed by atoms with Gasteiger partial charge in [-0.15, -0.1) is 4.57 Å². The van der Waals surface area contributed by atoms with Gasteiger partial charge in [-0.05, 0) is 6.07 Å². The lowest BCUT2D eigenvalue weighted by Gasteiger charge is -1.88. The van der Waals surface area contributed by atoms with Crippen molar-refractivity contribution in [3.8, 4) is 18.0 Å². The second kappa shape index (κ2) is 4.78. The molecule has 0 N–H and O–H groups in total. The van der Waals surface area contributed by atoms with Gasteiger partial charge in [0.2, 0.25) is 0 Å². The van der Waals surface area contributed by atoms with Crippen LogP contribution >= 0.6 is 0 Å². The van der Waals surface area contributed by atoms with Gasteiger partial charge in [0.05, 0.1) is 6.07 Å². The van der Waals surface area contributed by atoms with E-state index in [0.29, 0.717) is 11.6 Å². The molecule has 0 unspecified atom stereocenters. The average molecular weight is 222 g/mol. The van der Waals surface area contributed by atoms with Crippen LogP contribution in [0.5, 0.6) is 0 Å². The van der Waals surface area contributed by atoms with E-state index >= 15 is 0 Å². The molecule has 0 saturated carbocycles. The van der Waals surface area contributed by atoms with Crippen molar-refractivity contribution in [3.63, 3.8) is 0 Å². The number of furan rings is 1. The topological polar surface area (TPSA) is 64.6 Å². The number of hydrogen-bond donors (Lipinski definition) is 0. The van der Waals surface area contributed by atoms with Crippen molar-refractivity contribution in [1.82, 2.24) is 0 Å². The Morgan fingerprint density at radius 3 is 2.47 bits per heavy atom. The molecule has 0 saturated heterocycles. The molecule has 4 heteroatoms. The quantitative estimate of drug-likeness (QED) is 0.576. The number of allylic oxidation sites excluding steroid dienone is 1. The third kappa shape index (κ3) is 2.39. The van der Waals surface area contributed by atoms with Crippen LogP contribution in [0.15, 0.2) is 52.7 Å². The zero-order valence-corrected chi connectivity index (χ0v) is 8.87. The van der Waals surface area contributed by atoms with Crippen LogP contribution < -0.4 is 4.57 Å². The molecular formula is C13H8N3O+. The van der Waals surface area contributed by atoms with E-state index in [2.05, 4.69) is 0 Å². The SMILES string of the molecule is N#CC(C#N)=Cc1ccc(-[n+]2ccccc2)o1. The molecule has 2 aromatic rings. The first-order valence-corrected chi connectivity index (χ1v) is 4.92. The minimum Gasteiger partial charge on any atom is -0.405 e. The summed E-state index contributed by atoms with van der Waals surface area (Å²) >= 11 is 0. The van der Waals surface area contributed by atoms with E-state index in [9.17, 15) is 0 Å². The highest BCUT2D eigenvalue weighted by Crippen LogP contribution is 2.11. The van der Waals surface area contributed by atoms with Gasteiger partial charge in [-0.3, -0.25) is 0 Å². The Morgan fingerprint density at radius 2 is 1.82 bits per heavy atom. The van der Waals surface area contributed by atoms with Crippen molar-refractivity contribution < 1.29 is 8.98 Å². The van der Waals surface area contributed by atoms with Gasteiger partial charge < -0.3 is 4.42 Å². The molecule has 4 nitrogen and oxygen atoms in total. The molecule has 0 amide bonds. The summed E-state index contributed by atoms with van der Waals surface area (Å²) in [4.78, 5) is 0. The third-order valence-corrected chi connectivity index (χ3v) is 2.11. The molecule has 2 rings (SSSR count). The number of hydrogen-bond acceptors (Lipinski definition) is 3. The van der Waals surface area contributed by atoms with E-state index in [1.807, 2.05) is 30.6 Å². The van der Waals surface area contributed by atoms with Crippen molar-refractivity contribution in [3.05, 3.63) is 54.1 Å². The largest absolute Gasteiger partial charge is 0.405 e. The number of rotatable bonds is 2. The average Bonchev–Trinajstić information content (AvgIpc) is 2.85. The van der Waals surface area contributed by atoms with E-state index < -0.39 is 0 Å². The molecule has 0 radical (unpaired) electrons. The van der Waals surface area contributed by atoms with E-state index in [4.69, 9.17) is 14.9 Å². The van der Waals surface area contributed by atoms with Gasteiger partial charge in [-0.1, -0.05) is 6.07 Å². The maximum absolute atomic E-state index is 8.62. The lowest BCUT2D eigenvalue weighted by atomic mass is 10.3. The van der Waals surface area contributed by atoms with Crippen LogP contribution in [-0.2, 0) is 0 Å². The maximum atomic E-state index is 8.62. The first kappa shape index (κ1) is 10.7. The summed E-state index contributed by atoms with van der Waals surface area (Å²) in [5.74, 6) is 1.11. The molecular weight excluding hydrogens is 214 g/mol. The number of nitrogens with zero attached hydrogens (tertiary/aromatic N) is 3. The predicted octanol–water partition coefficient (Wildman–Crippen LogP) is 1.99. The standard InChI is InChI=1S/C13H8N3O/c14-9-11(10-15)8-12-4-5-13(17-12)16-6-2-1-3-7-16/h1-8H/q+1. The van der Waals surface area contributed by atoms with E-state index in [1.165, 1.54) is 6.08 Å². The van der Waals surface area contributed by atoms with E-state index in [-0.39, 0.29) is 5.57 Å². The van der Waals surface area contributed by atoms with Gasteiger partial charge in [0.1, 0.15) is 23.5 Å². The summed E-state index contributed by atoms with van der Waals surface area (Å²) in [6, 6.07) is 12.7. The Kier molecular flexibility index (Phi) is 3.00. The molecule has 80 valence electrons. The van der Waals surface area contributed by atoms with Crippen LogP contribution in [0.25, 0.3) is 12.0 Å². The molecule has 0 aliphatic rings. The molecule has 0 aliphatic carbocycles. The van der Waals surface area contributed by atoms with Crippen LogP contribution in [0, 0.1) is 22.7 Å². The Labute approximate surface area is 98.3 Å². The van der Waals surface area contributed by atoms with E-state index in [0.717, 1.165) is 0 Å². The Hall–Kier alpha value is -2.85. The summed E-state index contributed by atoms with van der Waals surface area (Å²) < 4.78 is 7.29. The minimum atomic E-state index is 0.0176. The summed E-state index contributed by atoms with van der Waals surface area (Å²) in [5, 5.41) is 17.2. The van der Waals surface area contributed by atoms with Crippen LogP contribution in [0.4, 0.5) is 0 Å². The molecule has 0 fully saturated rings. The fourth-order valence-corrected chi connectivity index (χ4v) is 1.34. The number of pyridine rings is 1. The monoisotopic (exact) mass is 222 g/mol. The first-order valence-electron chi connectivity index (χ1n) is 4.92. The first-order chi connectivity index (χ1) is 8.33. The maximum Gasteiger partial charge on any atom is 0.378 e. The predicted molar refractivity (Wildman–Crippen MR) is 59.4 cm³/mol. The lowest BCUT2D eigenvalue weighted by molar-refractivity contribution is -0.609. The van der Waals surface area contributed by atoms with Gasteiger partial charge in [-0.2, -0.15) is 10.5 Å². The summed E-state index contributed by atoms with van der Waals surface area (Å²) in [7, 11) is 0. The highest BCUT2D eigenvalue weighted by Gasteiger charge is 2.09. The van der Waals surface area contributed by atoms with Crippen molar-refractivity contribution in [2.75, 3.05) is 0 Å². The molecule has 2 aromatic heterocycles. The smallest absolute Gasteiger partial charge is 0.378 e.